The normalized spacial score (nSPS) is 14.8. The van der Waals surface area contributed by atoms with Gasteiger partial charge in [0.05, 0.1) is 7.11 Å². The van der Waals surface area contributed by atoms with Crippen molar-refractivity contribution in [1.29, 1.82) is 0 Å². The Labute approximate surface area is 105 Å². The number of alkyl halides is 3. The van der Waals surface area contributed by atoms with E-state index in [1.807, 2.05) is 0 Å². The lowest BCUT2D eigenvalue weighted by atomic mass is 9.92. The average Bonchev–Trinajstić information content (AvgIpc) is 2.28. The maximum atomic E-state index is 13.4. The van der Waals surface area contributed by atoms with Crippen LogP contribution in [-0.4, -0.2) is 31.5 Å². The van der Waals surface area contributed by atoms with Crippen molar-refractivity contribution in [1.82, 2.24) is 0 Å². The van der Waals surface area contributed by atoms with E-state index in [4.69, 9.17) is 5.11 Å². The molecule has 0 aliphatic heterocycles. The van der Waals surface area contributed by atoms with E-state index >= 15 is 0 Å². The Morgan fingerprint density at radius 1 is 1.26 bits per heavy atom. The lowest BCUT2D eigenvalue weighted by Crippen LogP contribution is -2.50. The molecule has 0 spiro atoms. The molecule has 0 aliphatic rings. The number of methoxy groups -OCH3 is 2. The maximum Gasteiger partial charge on any atom is 0.432 e. The van der Waals surface area contributed by atoms with Gasteiger partial charge in [-0.2, -0.15) is 13.2 Å². The number of halogens is 4. The van der Waals surface area contributed by atoms with E-state index < -0.39 is 29.1 Å². The number of ether oxygens (including phenoxy) is 2. The minimum absolute atomic E-state index is 0.304. The zero-order valence-corrected chi connectivity index (χ0v) is 9.92. The van der Waals surface area contributed by atoms with Crippen LogP contribution in [0.4, 0.5) is 17.6 Å². The third-order valence-corrected chi connectivity index (χ3v) is 2.56. The number of carboxylic acid groups (broad SMARTS) is 1. The molecule has 0 aromatic heterocycles. The summed E-state index contributed by atoms with van der Waals surface area (Å²) in [5.41, 5.74) is -4.51. The fourth-order valence-corrected chi connectivity index (χ4v) is 1.61. The van der Waals surface area contributed by atoms with E-state index in [1.54, 1.807) is 0 Å². The monoisotopic (exact) mass is 282 g/mol. The molecule has 1 unspecified atom stereocenters. The van der Waals surface area contributed by atoms with Crippen molar-refractivity contribution in [3.63, 3.8) is 0 Å². The summed E-state index contributed by atoms with van der Waals surface area (Å²) in [7, 11) is 1.71. The van der Waals surface area contributed by atoms with E-state index in [2.05, 4.69) is 9.47 Å². The third kappa shape index (κ3) is 2.35. The topological polar surface area (TPSA) is 55.8 Å². The fourth-order valence-electron chi connectivity index (χ4n) is 1.61. The summed E-state index contributed by atoms with van der Waals surface area (Å²) < 4.78 is 61.0. The Bertz CT molecular complexity index is 486. The third-order valence-electron chi connectivity index (χ3n) is 2.56. The highest BCUT2D eigenvalue weighted by atomic mass is 19.4. The number of hydrogen-bond donors (Lipinski definition) is 1. The van der Waals surface area contributed by atoms with Gasteiger partial charge in [0.25, 0.3) is 5.60 Å². The van der Waals surface area contributed by atoms with E-state index in [-0.39, 0.29) is 5.75 Å². The van der Waals surface area contributed by atoms with Crippen LogP contribution in [0.3, 0.4) is 0 Å². The van der Waals surface area contributed by atoms with Gasteiger partial charge in [-0.05, 0) is 12.1 Å². The average molecular weight is 282 g/mol. The molecule has 1 rings (SSSR count). The Balaban J connectivity index is 3.51. The Morgan fingerprint density at radius 3 is 2.16 bits per heavy atom. The summed E-state index contributed by atoms with van der Waals surface area (Å²) in [6, 6.07) is 2.10. The molecule has 0 fully saturated rings. The van der Waals surface area contributed by atoms with E-state index in [0.29, 0.717) is 13.2 Å². The minimum atomic E-state index is -5.26. The number of rotatable bonds is 4. The number of carbonyl (C=O) groups is 1. The number of carboxylic acids is 1. The van der Waals surface area contributed by atoms with Gasteiger partial charge < -0.3 is 14.6 Å². The van der Waals surface area contributed by atoms with Crippen molar-refractivity contribution in [3.8, 4) is 5.75 Å². The van der Waals surface area contributed by atoms with Gasteiger partial charge in [-0.25, -0.2) is 9.18 Å². The molecule has 0 saturated carbocycles. The van der Waals surface area contributed by atoms with Gasteiger partial charge in [-0.1, -0.05) is 6.07 Å². The molecule has 8 heteroatoms. The van der Waals surface area contributed by atoms with Gasteiger partial charge in [0.15, 0.2) is 11.6 Å². The highest BCUT2D eigenvalue weighted by Crippen LogP contribution is 2.43. The quantitative estimate of drug-likeness (QED) is 0.861. The smallest absolute Gasteiger partial charge is 0.432 e. The molecule has 19 heavy (non-hydrogen) atoms. The van der Waals surface area contributed by atoms with Crippen LogP contribution >= 0.6 is 0 Å². The molecule has 0 amide bonds. The maximum absolute atomic E-state index is 13.4. The van der Waals surface area contributed by atoms with Crippen LogP contribution in [-0.2, 0) is 15.1 Å². The molecular formula is C11H10F4O4. The lowest BCUT2D eigenvalue weighted by Gasteiger charge is -2.30. The summed E-state index contributed by atoms with van der Waals surface area (Å²) in [5.74, 6) is -3.71. The van der Waals surface area contributed by atoms with Gasteiger partial charge >= 0.3 is 12.1 Å². The Hall–Kier alpha value is -1.83. The molecule has 4 nitrogen and oxygen atoms in total. The number of hydrogen-bond acceptors (Lipinski definition) is 3. The molecule has 0 heterocycles. The molecule has 1 aromatic carbocycles. The number of benzene rings is 1. The Kier molecular flexibility index (Phi) is 4.04. The minimum Gasteiger partial charge on any atom is -0.494 e. The van der Waals surface area contributed by atoms with Crippen molar-refractivity contribution in [2.75, 3.05) is 14.2 Å². The predicted molar refractivity (Wildman–Crippen MR) is 55.3 cm³/mol. The second-order valence-corrected chi connectivity index (χ2v) is 3.54. The number of aliphatic carboxylic acids is 1. The second-order valence-electron chi connectivity index (χ2n) is 3.54. The molecule has 0 radical (unpaired) electrons. The van der Waals surface area contributed by atoms with Gasteiger partial charge in [0, 0.05) is 12.7 Å². The van der Waals surface area contributed by atoms with Crippen molar-refractivity contribution < 1.29 is 36.9 Å². The standard InChI is InChI=1S/C11H10F4O4/c1-18-8-4-3-6(5-7(8)12)10(19-2,9(16)17)11(13,14)15/h3-5H,1-2H3,(H,16,17). The van der Waals surface area contributed by atoms with Crippen LogP contribution in [0.2, 0.25) is 0 Å². The molecule has 1 aromatic rings. The first-order valence-corrected chi connectivity index (χ1v) is 4.90. The van der Waals surface area contributed by atoms with Gasteiger partial charge in [-0.3, -0.25) is 0 Å². The largest absolute Gasteiger partial charge is 0.494 e. The van der Waals surface area contributed by atoms with Crippen molar-refractivity contribution in [2.24, 2.45) is 0 Å². The van der Waals surface area contributed by atoms with Crippen LogP contribution in [0, 0.1) is 5.82 Å². The SMILES string of the molecule is COc1ccc(C(OC)(C(=O)O)C(F)(F)F)cc1F. The molecule has 0 bridgehead atoms. The summed E-state index contributed by atoms with van der Waals surface area (Å²) in [6.45, 7) is 0. The Morgan fingerprint density at radius 2 is 1.84 bits per heavy atom. The fraction of sp³-hybridized carbons (Fsp3) is 0.364. The zero-order valence-electron chi connectivity index (χ0n) is 9.92. The molecule has 106 valence electrons. The summed E-state index contributed by atoms with van der Waals surface area (Å²) >= 11 is 0. The van der Waals surface area contributed by atoms with Crippen LogP contribution < -0.4 is 4.74 Å². The van der Waals surface area contributed by atoms with Crippen LogP contribution in [0.5, 0.6) is 5.75 Å². The van der Waals surface area contributed by atoms with Crippen LogP contribution in [0.1, 0.15) is 5.56 Å². The predicted octanol–water partition coefficient (Wildman–Crippen LogP) is 2.32. The molecule has 0 aliphatic carbocycles. The molecule has 1 atom stereocenters. The van der Waals surface area contributed by atoms with Crippen LogP contribution in [0.25, 0.3) is 0 Å². The highest BCUT2D eigenvalue weighted by Gasteiger charge is 2.63. The van der Waals surface area contributed by atoms with Crippen LogP contribution in [0.15, 0.2) is 18.2 Å². The van der Waals surface area contributed by atoms with Crippen molar-refractivity contribution in [2.45, 2.75) is 11.8 Å². The van der Waals surface area contributed by atoms with Crippen molar-refractivity contribution in [3.05, 3.63) is 29.6 Å². The first kappa shape index (κ1) is 15.2. The first-order valence-electron chi connectivity index (χ1n) is 4.90. The van der Waals surface area contributed by atoms with E-state index in [1.165, 1.54) is 0 Å². The first-order chi connectivity index (χ1) is 8.70. The highest BCUT2D eigenvalue weighted by molar-refractivity contribution is 5.80. The summed E-state index contributed by atoms with van der Waals surface area (Å²) in [4.78, 5) is 11.0. The van der Waals surface area contributed by atoms with Gasteiger partial charge in [-0.15, -0.1) is 0 Å². The van der Waals surface area contributed by atoms with Gasteiger partial charge in [0.2, 0.25) is 0 Å². The second kappa shape index (κ2) is 5.04. The molecular weight excluding hydrogens is 272 g/mol. The van der Waals surface area contributed by atoms with E-state index in [0.717, 1.165) is 19.2 Å². The summed E-state index contributed by atoms with van der Waals surface area (Å²) in [5, 5.41) is 8.83. The zero-order chi connectivity index (χ0) is 14.8. The molecule has 1 N–H and O–H groups in total. The lowest BCUT2D eigenvalue weighted by molar-refractivity contribution is -0.273. The molecule has 0 saturated heterocycles. The van der Waals surface area contributed by atoms with Crippen molar-refractivity contribution >= 4 is 5.97 Å². The van der Waals surface area contributed by atoms with E-state index in [9.17, 15) is 22.4 Å². The summed E-state index contributed by atoms with van der Waals surface area (Å²) in [6.07, 6.45) is -5.26. The van der Waals surface area contributed by atoms with Gasteiger partial charge in [0.1, 0.15) is 0 Å².